The van der Waals surface area contributed by atoms with Crippen LogP contribution in [0.3, 0.4) is 0 Å². The van der Waals surface area contributed by atoms with Gasteiger partial charge in [-0.1, -0.05) is 31.2 Å². The molecule has 21 heavy (non-hydrogen) atoms. The topological polar surface area (TPSA) is 32.3 Å². The average Bonchev–Trinajstić information content (AvgIpc) is 2.73. The number of nitrogens with zero attached hydrogens (tertiary/aromatic N) is 1. The third-order valence-corrected chi connectivity index (χ3v) is 5.33. The lowest BCUT2D eigenvalue weighted by molar-refractivity contribution is -0.134. The van der Waals surface area contributed by atoms with Crippen molar-refractivity contribution in [2.45, 2.75) is 51.9 Å². The molecule has 0 saturated carbocycles. The Morgan fingerprint density at radius 3 is 2.67 bits per heavy atom. The van der Waals surface area contributed by atoms with Crippen LogP contribution in [-0.2, 0) is 4.79 Å². The predicted octanol–water partition coefficient (Wildman–Crippen LogP) is 3.35. The van der Waals surface area contributed by atoms with Gasteiger partial charge in [0.25, 0.3) is 0 Å². The van der Waals surface area contributed by atoms with Gasteiger partial charge >= 0.3 is 0 Å². The van der Waals surface area contributed by atoms with E-state index in [1.807, 2.05) is 24.0 Å². The summed E-state index contributed by atoms with van der Waals surface area (Å²) < 4.78 is 0. The highest BCUT2D eigenvalue weighted by Crippen LogP contribution is 2.35. The van der Waals surface area contributed by atoms with Crippen molar-refractivity contribution in [3.63, 3.8) is 0 Å². The highest BCUT2D eigenvalue weighted by molar-refractivity contribution is 7.98. The summed E-state index contributed by atoms with van der Waals surface area (Å²) in [4.78, 5) is 15.0. The number of benzene rings is 1. The van der Waals surface area contributed by atoms with Crippen molar-refractivity contribution < 1.29 is 4.79 Å². The molecule has 3 unspecified atom stereocenters. The van der Waals surface area contributed by atoms with E-state index in [1.165, 1.54) is 11.1 Å². The van der Waals surface area contributed by atoms with E-state index in [-0.39, 0.29) is 18.1 Å². The summed E-state index contributed by atoms with van der Waals surface area (Å²) in [5.74, 6) is 1.18. The molecule has 1 saturated heterocycles. The van der Waals surface area contributed by atoms with Crippen LogP contribution in [0.5, 0.6) is 0 Å². The second-order valence-corrected chi connectivity index (χ2v) is 7.02. The molecule has 1 aromatic rings. The van der Waals surface area contributed by atoms with Gasteiger partial charge in [0.15, 0.2) is 0 Å². The quantitative estimate of drug-likeness (QED) is 0.905. The Balaban J connectivity index is 2.42. The maximum Gasteiger partial charge on any atom is 0.244 e. The molecule has 116 valence electrons. The molecule has 1 aliphatic heterocycles. The number of aryl methyl sites for hydroxylation is 1. The molecule has 1 heterocycles. The smallest absolute Gasteiger partial charge is 0.244 e. The number of carbonyl (C=O) groups is 1. The third-order valence-electron chi connectivity index (χ3n) is 4.51. The van der Waals surface area contributed by atoms with Crippen molar-refractivity contribution in [2.75, 3.05) is 12.0 Å². The largest absolute Gasteiger partial charge is 0.318 e. The molecule has 1 N–H and O–H groups in total. The Bertz CT molecular complexity index is 519. The number of amides is 1. The van der Waals surface area contributed by atoms with Crippen LogP contribution >= 0.6 is 11.8 Å². The van der Waals surface area contributed by atoms with Crippen LogP contribution in [0, 0.1) is 6.92 Å². The molecule has 0 spiro atoms. The van der Waals surface area contributed by atoms with Crippen LogP contribution in [0.15, 0.2) is 24.3 Å². The Morgan fingerprint density at radius 1 is 1.43 bits per heavy atom. The van der Waals surface area contributed by atoms with E-state index in [9.17, 15) is 4.79 Å². The Kier molecular flexibility index (Phi) is 4.99. The van der Waals surface area contributed by atoms with Gasteiger partial charge in [-0.3, -0.25) is 10.1 Å². The van der Waals surface area contributed by atoms with Gasteiger partial charge in [0.2, 0.25) is 5.91 Å². The fraction of sp³-hybridized carbons (Fsp3) is 0.588. The molecule has 4 heteroatoms. The minimum absolute atomic E-state index is 0.0224. The van der Waals surface area contributed by atoms with Crippen LogP contribution in [0.4, 0.5) is 0 Å². The van der Waals surface area contributed by atoms with E-state index < -0.39 is 5.54 Å². The van der Waals surface area contributed by atoms with E-state index >= 15 is 0 Å². The second-order valence-electron chi connectivity index (χ2n) is 6.11. The Labute approximate surface area is 132 Å². The van der Waals surface area contributed by atoms with Crippen LogP contribution in [0.2, 0.25) is 0 Å². The summed E-state index contributed by atoms with van der Waals surface area (Å²) in [6.07, 6.45) is 2.87. The molecule has 1 amide bonds. The summed E-state index contributed by atoms with van der Waals surface area (Å²) in [7, 11) is 0. The molecule has 0 aromatic heterocycles. The fourth-order valence-electron chi connectivity index (χ4n) is 2.99. The van der Waals surface area contributed by atoms with Crippen LogP contribution in [-0.4, -0.2) is 34.4 Å². The number of hydrogen-bond acceptors (Lipinski definition) is 3. The van der Waals surface area contributed by atoms with Gasteiger partial charge < -0.3 is 4.90 Å². The lowest BCUT2D eigenvalue weighted by atomic mass is 9.99. The predicted molar refractivity (Wildman–Crippen MR) is 90.4 cm³/mol. The van der Waals surface area contributed by atoms with Gasteiger partial charge in [0.05, 0.1) is 5.54 Å². The van der Waals surface area contributed by atoms with Gasteiger partial charge in [0.1, 0.15) is 6.17 Å². The maximum atomic E-state index is 12.9. The first kappa shape index (κ1) is 16.4. The zero-order chi connectivity index (χ0) is 15.6. The first-order chi connectivity index (χ1) is 9.94. The van der Waals surface area contributed by atoms with Crippen LogP contribution in [0.25, 0.3) is 0 Å². The number of nitrogens with one attached hydrogen (secondary N) is 1. The van der Waals surface area contributed by atoms with Crippen molar-refractivity contribution >= 4 is 17.7 Å². The normalized spacial score (nSPS) is 27.2. The molecular formula is C17H26N2OS. The summed E-state index contributed by atoms with van der Waals surface area (Å²) >= 11 is 1.79. The van der Waals surface area contributed by atoms with E-state index in [0.29, 0.717) is 0 Å². The molecule has 0 aliphatic carbocycles. The monoisotopic (exact) mass is 306 g/mol. The lowest BCUT2D eigenvalue weighted by Gasteiger charge is -2.31. The highest BCUT2D eigenvalue weighted by Gasteiger charge is 2.48. The zero-order valence-electron chi connectivity index (χ0n) is 13.6. The molecule has 3 atom stereocenters. The highest BCUT2D eigenvalue weighted by atomic mass is 32.2. The van der Waals surface area contributed by atoms with Gasteiger partial charge in [-0.25, -0.2) is 0 Å². The van der Waals surface area contributed by atoms with Crippen LogP contribution < -0.4 is 5.32 Å². The summed E-state index contributed by atoms with van der Waals surface area (Å²) in [6.45, 7) is 8.35. The molecule has 1 aliphatic rings. The van der Waals surface area contributed by atoms with E-state index in [4.69, 9.17) is 0 Å². The van der Waals surface area contributed by atoms with Gasteiger partial charge in [-0.2, -0.15) is 11.8 Å². The number of hydrogen-bond donors (Lipinski definition) is 1. The van der Waals surface area contributed by atoms with Gasteiger partial charge in [0, 0.05) is 11.8 Å². The van der Waals surface area contributed by atoms with Gasteiger partial charge in [-0.05, 0) is 44.6 Å². The van der Waals surface area contributed by atoms with E-state index in [0.717, 1.165) is 12.2 Å². The third kappa shape index (κ3) is 2.97. The van der Waals surface area contributed by atoms with E-state index in [1.54, 1.807) is 11.8 Å². The maximum absolute atomic E-state index is 12.9. The van der Waals surface area contributed by atoms with Crippen LogP contribution in [0.1, 0.15) is 44.5 Å². The summed E-state index contributed by atoms with van der Waals surface area (Å²) in [6, 6.07) is 8.55. The fourth-order valence-corrected chi connectivity index (χ4v) is 3.63. The molecule has 1 fully saturated rings. The minimum Gasteiger partial charge on any atom is -0.318 e. The molecule has 0 bridgehead atoms. The molecule has 1 aromatic carbocycles. The standard InChI is InChI=1S/C17H26N2OS/c1-6-17(4)16(20)19(13(3)11-21-5)15(18-17)14-10-8-7-9-12(14)2/h7-10,13,15,18H,6,11H2,1-5H3. The molecule has 2 rings (SSSR count). The van der Waals surface area contributed by atoms with E-state index in [2.05, 4.69) is 44.5 Å². The number of thioether (sulfide) groups is 1. The van der Waals surface area contributed by atoms with Crippen molar-refractivity contribution in [3.8, 4) is 0 Å². The second kappa shape index (κ2) is 6.41. The molecular weight excluding hydrogens is 280 g/mol. The Hall–Kier alpha value is -1.00. The molecule has 0 radical (unpaired) electrons. The SMILES string of the molecule is CCC1(C)NC(c2ccccc2C)N(C(C)CSC)C1=O. The number of carbonyl (C=O) groups excluding carboxylic acids is 1. The zero-order valence-corrected chi connectivity index (χ0v) is 14.5. The first-order valence-electron chi connectivity index (χ1n) is 7.59. The van der Waals surface area contributed by atoms with Crippen molar-refractivity contribution in [3.05, 3.63) is 35.4 Å². The lowest BCUT2D eigenvalue weighted by Crippen LogP contribution is -2.44. The average molecular weight is 306 g/mol. The Morgan fingerprint density at radius 2 is 2.10 bits per heavy atom. The number of rotatable bonds is 5. The molecule has 3 nitrogen and oxygen atoms in total. The van der Waals surface area contributed by atoms with Crippen molar-refractivity contribution in [2.24, 2.45) is 0 Å². The van der Waals surface area contributed by atoms with Crippen molar-refractivity contribution in [1.82, 2.24) is 10.2 Å². The summed E-state index contributed by atoms with van der Waals surface area (Å²) in [5, 5.41) is 3.58. The minimum atomic E-state index is -0.459. The summed E-state index contributed by atoms with van der Waals surface area (Å²) in [5.41, 5.74) is 1.97. The van der Waals surface area contributed by atoms with Gasteiger partial charge in [-0.15, -0.1) is 0 Å². The first-order valence-corrected chi connectivity index (χ1v) is 8.99. The van der Waals surface area contributed by atoms with Crippen molar-refractivity contribution in [1.29, 1.82) is 0 Å².